The first-order valence-electron chi connectivity index (χ1n) is 6.66. The standard InChI is InChI=1S/C12H26N2O2S/c1-4-6-13-7-5-8-17(15,16)14-9-11(2)12(3)10-14/h11-13H,4-10H2,1-3H3. The Morgan fingerprint density at radius 2 is 1.76 bits per heavy atom. The molecule has 0 aromatic heterocycles. The van der Waals surface area contributed by atoms with Crippen LogP contribution in [-0.4, -0.2) is 44.7 Å². The van der Waals surface area contributed by atoms with Crippen molar-refractivity contribution in [2.45, 2.75) is 33.6 Å². The lowest BCUT2D eigenvalue weighted by atomic mass is 10.0. The first kappa shape index (κ1) is 14.9. The van der Waals surface area contributed by atoms with Gasteiger partial charge in [0, 0.05) is 13.1 Å². The van der Waals surface area contributed by atoms with Crippen LogP contribution in [0.25, 0.3) is 0 Å². The molecule has 0 radical (unpaired) electrons. The van der Waals surface area contributed by atoms with Crippen molar-refractivity contribution in [2.75, 3.05) is 31.9 Å². The van der Waals surface area contributed by atoms with Crippen LogP contribution in [0.4, 0.5) is 0 Å². The van der Waals surface area contributed by atoms with E-state index in [0.29, 0.717) is 31.3 Å². The summed E-state index contributed by atoms with van der Waals surface area (Å²) >= 11 is 0. The van der Waals surface area contributed by atoms with Gasteiger partial charge < -0.3 is 5.32 Å². The van der Waals surface area contributed by atoms with Gasteiger partial charge in [-0.15, -0.1) is 0 Å². The molecule has 0 spiro atoms. The summed E-state index contributed by atoms with van der Waals surface area (Å²) < 4.78 is 25.8. The van der Waals surface area contributed by atoms with Gasteiger partial charge in [-0.3, -0.25) is 0 Å². The zero-order valence-electron chi connectivity index (χ0n) is 11.3. The lowest BCUT2D eigenvalue weighted by Crippen LogP contribution is -2.32. The molecule has 1 saturated heterocycles. The Morgan fingerprint density at radius 3 is 2.29 bits per heavy atom. The first-order valence-corrected chi connectivity index (χ1v) is 8.26. The van der Waals surface area contributed by atoms with E-state index in [1.807, 2.05) is 0 Å². The maximum absolute atomic E-state index is 12.1. The van der Waals surface area contributed by atoms with Crippen molar-refractivity contribution < 1.29 is 8.42 Å². The second-order valence-corrected chi connectivity index (χ2v) is 7.28. The van der Waals surface area contributed by atoms with Gasteiger partial charge in [-0.25, -0.2) is 12.7 Å². The average molecular weight is 262 g/mol. The number of nitrogens with zero attached hydrogens (tertiary/aromatic N) is 1. The average Bonchev–Trinajstić information content (AvgIpc) is 2.60. The second-order valence-electron chi connectivity index (χ2n) is 5.19. The molecule has 17 heavy (non-hydrogen) atoms. The van der Waals surface area contributed by atoms with Crippen molar-refractivity contribution >= 4 is 10.0 Å². The fourth-order valence-corrected chi connectivity index (χ4v) is 3.81. The zero-order valence-corrected chi connectivity index (χ0v) is 12.1. The van der Waals surface area contributed by atoms with Gasteiger partial charge >= 0.3 is 0 Å². The predicted octanol–water partition coefficient (Wildman–Crippen LogP) is 1.29. The Bertz CT molecular complexity index is 306. The van der Waals surface area contributed by atoms with Gasteiger partial charge in [0.15, 0.2) is 0 Å². The second kappa shape index (κ2) is 6.71. The highest BCUT2D eigenvalue weighted by Gasteiger charge is 2.33. The fourth-order valence-electron chi connectivity index (χ4n) is 2.11. The summed E-state index contributed by atoms with van der Waals surface area (Å²) in [5, 5.41) is 3.23. The molecule has 0 aromatic carbocycles. The number of hydrogen-bond acceptors (Lipinski definition) is 3. The molecule has 1 N–H and O–H groups in total. The van der Waals surface area contributed by atoms with Gasteiger partial charge in [0.1, 0.15) is 0 Å². The monoisotopic (exact) mass is 262 g/mol. The highest BCUT2D eigenvalue weighted by atomic mass is 32.2. The molecule has 0 aliphatic carbocycles. The fraction of sp³-hybridized carbons (Fsp3) is 1.00. The molecule has 0 saturated carbocycles. The van der Waals surface area contributed by atoms with E-state index in [9.17, 15) is 8.42 Å². The Kier molecular flexibility index (Phi) is 5.89. The molecule has 2 unspecified atom stereocenters. The third-order valence-corrected chi connectivity index (χ3v) is 5.42. The summed E-state index contributed by atoms with van der Waals surface area (Å²) in [6.07, 6.45) is 1.80. The van der Waals surface area contributed by atoms with Crippen LogP contribution < -0.4 is 5.32 Å². The van der Waals surface area contributed by atoms with Crippen molar-refractivity contribution in [3.05, 3.63) is 0 Å². The van der Waals surface area contributed by atoms with Gasteiger partial charge in [0.25, 0.3) is 0 Å². The largest absolute Gasteiger partial charge is 0.317 e. The first-order chi connectivity index (χ1) is 7.97. The number of rotatable bonds is 7. The maximum atomic E-state index is 12.1. The van der Waals surface area contributed by atoms with E-state index in [1.165, 1.54) is 0 Å². The molecular formula is C12H26N2O2S. The molecule has 1 rings (SSSR count). The Hall–Kier alpha value is -0.130. The molecule has 1 aliphatic heterocycles. The molecule has 2 atom stereocenters. The molecular weight excluding hydrogens is 236 g/mol. The third-order valence-electron chi connectivity index (χ3n) is 3.53. The van der Waals surface area contributed by atoms with Gasteiger partial charge in [0.05, 0.1) is 5.75 Å². The van der Waals surface area contributed by atoms with Gasteiger partial charge in [-0.1, -0.05) is 20.8 Å². The number of nitrogens with one attached hydrogen (secondary N) is 1. The van der Waals surface area contributed by atoms with E-state index >= 15 is 0 Å². The molecule has 102 valence electrons. The SMILES string of the molecule is CCCNCCCS(=O)(=O)N1CC(C)C(C)C1. The van der Waals surface area contributed by atoms with Crippen molar-refractivity contribution in [1.29, 1.82) is 0 Å². The third kappa shape index (κ3) is 4.56. The lowest BCUT2D eigenvalue weighted by molar-refractivity contribution is 0.461. The summed E-state index contributed by atoms with van der Waals surface area (Å²) in [5.41, 5.74) is 0. The lowest BCUT2D eigenvalue weighted by Gasteiger charge is -2.16. The highest BCUT2D eigenvalue weighted by Crippen LogP contribution is 2.24. The molecule has 1 heterocycles. The minimum Gasteiger partial charge on any atom is -0.317 e. The normalized spacial score (nSPS) is 26.5. The Balaban J connectivity index is 2.31. The maximum Gasteiger partial charge on any atom is 0.214 e. The van der Waals surface area contributed by atoms with E-state index in [1.54, 1.807) is 4.31 Å². The minimum absolute atomic E-state index is 0.281. The van der Waals surface area contributed by atoms with E-state index < -0.39 is 10.0 Å². The van der Waals surface area contributed by atoms with Crippen molar-refractivity contribution in [2.24, 2.45) is 11.8 Å². The number of hydrogen-bond donors (Lipinski definition) is 1. The zero-order chi connectivity index (χ0) is 12.9. The van der Waals surface area contributed by atoms with Crippen LogP contribution in [0, 0.1) is 11.8 Å². The summed E-state index contributed by atoms with van der Waals surface area (Å²) in [7, 11) is -3.02. The van der Waals surface area contributed by atoms with Crippen molar-refractivity contribution in [3.8, 4) is 0 Å². The van der Waals surface area contributed by atoms with Crippen LogP contribution in [-0.2, 0) is 10.0 Å². The highest BCUT2D eigenvalue weighted by molar-refractivity contribution is 7.89. The molecule has 0 bridgehead atoms. The molecule has 4 nitrogen and oxygen atoms in total. The predicted molar refractivity (Wildman–Crippen MR) is 71.5 cm³/mol. The molecule has 1 fully saturated rings. The quantitative estimate of drug-likeness (QED) is 0.704. The minimum atomic E-state index is -3.02. The van der Waals surface area contributed by atoms with Crippen molar-refractivity contribution in [1.82, 2.24) is 9.62 Å². The summed E-state index contributed by atoms with van der Waals surface area (Å²) in [5.74, 6) is 1.26. The van der Waals surface area contributed by atoms with Crippen LogP contribution in [0.1, 0.15) is 33.6 Å². The topological polar surface area (TPSA) is 49.4 Å². The van der Waals surface area contributed by atoms with Crippen LogP contribution >= 0.6 is 0 Å². The van der Waals surface area contributed by atoms with E-state index in [4.69, 9.17) is 0 Å². The smallest absolute Gasteiger partial charge is 0.214 e. The Labute approximate surface area is 106 Å². The van der Waals surface area contributed by atoms with E-state index in [0.717, 1.165) is 19.5 Å². The molecule has 0 amide bonds. The van der Waals surface area contributed by atoms with E-state index in [2.05, 4.69) is 26.1 Å². The molecule has 5 heteroatoms. The number of sulfonamides is 1. The van der Waals surface area contributed by atoms with Gasteiger partial charge in [-0.05, 0) is 37.8 Å². The summed E-state index contributed by atoms with van der Waals surface area (Å²) in [6.45, 7) is 9.53. The molecule has 0 aromatic rings. The van der Waals surface area contributed by atoms with Gasteiger partial charge in [-0.2, -0.15) is 0 Å². The van der Waals surface area contributed by atoms with Crippen LogP contribution in [0.15, 0.2) is 0 Å². The van der Waals surface area contributed by atoms with Crippen LogP contribution in [0.5, 0.6) is 0 Å². The summed E-state index contributed by atoms with van der Waals surface area (Å²) in [6, 6.07) is 0. The van der Waals surface area contributed by atoms with Crippen molar-refractivity contribution in [3.63, 3.8) is 0 Å². The van der Waals surface area contributed by atoms with E-state index in [-0.39, 0.29) is 5.75 Å². The Morgan fingerprint density at radius 1 is 1.18 bits per heavy atom. The molecule has 1 aliphatic rings. The summed E-state index contributed by atoms with van der Waals surface area (Å²) in [4.78, 5) is 0. The van der Waals surface area contributed by atoms with Crippen LogP contribution in [0.2, 0.25) is 0 Å². The van der Waals surface area contributed by atoms with Gasteiger partial charge in [0.2, 0.25) is 10.0 Å². The van der Waals surface area contributed by atoms with Crippen LogP contribution in [0.3, 0.4) is 0 Å².